The summed E-state index contributed by atoms with van der Waals surface area (Å²) in [4.78, 5) is 21.7. The predicted octanol–water partition coefficient (Wildman–Crippen LogP) is 1.55. The molecule has 0 unspecified atom stereocenters. The summed E-state index contributed by atoms with van der Waals surface area (Å²) in [6, 6.07) is 6.50. The quantitative estimate of drug-likeness (QED) is 0.683. The molecule has 1 rings (SSSR count). The predicted molar refractivity (Wildman–Crippen MR) is 75.9 cm³/mol. The molecule has 0 saturated carbocycles. The number of carbonyl (C=O) groups is 2. The van der Waals surface area contributed by atoms with E-state index in [-0.39, 0.29) is 36.6 Å². The molecule has 0 aromatic heterocycles. The molecule has 110 valence electrons. The van der Waals surface area contributed by atoms with Gasteiger partial charge in [0, 0.05) is 25.9 Å². The molecule has 5 nitrogen and oxygen atoms in total. The SMILES string of the molecule is CC(=O)CCN(CCC=O)S(=O)(=O)c1ccc(C)cc1. The Morgan fingerprint density at radius 3 is 2.30 bits per heavy atom. The fraction of sp³-hybridized carbons (Fsp3) is 0.429. The van der Waals surface area contributed by atoms with Crippen LogP contribution in [0, 0.1) is 6.92 Å². The highest BCUT2D eigenvalue weighted by molar-refractivity contribution is 7.89. The van der Waals surface area contributed by atoms with Crippen molar-refractivity contribution in [3.63, 3.8) is 0 Å². The minimum absolute atomic E-state index is 0.0831. The van der Waals surface area contributed by atoms with Gasteiger partial charge in [0.1, 0.15) is 12.1 Å². The summed E-state index contributed by atoms with van der Waals surface area (Å²) >= 11 is 0. The summed E-state index contributed by atoms with van der Waals surface area (Å²) in [5.74, 6) is -0.0831. The zero-order chi connectivity index (χ0) is 15.2. The van der Waals surface area contributed by atoms with Gasteiger partial charge in [0.2, 0.25) is 10.0 Å². The lowest BCUT2D eigenvalue weighted by Gasteiger charge is -2.21. The maximum Gasteiger partial charge on any atom is 0.243 e. The Morgan fingerprint density at radius 1 is 1.20 bits per heavy atom. The highest BCUT2D eigenvalue weighted by Gasteiger charge is 2.23. The first-order valence-electron chi connectivity index (χ1n) is 6.38. The van der Waals surface area contributed by atoms with E-state index >= 15 is 0 Å². The van der Waals surface area contributed by atoms with Gasteiger partial charge in [-0.15, -0.1) is 0 Å². The molecule has 1 aromatic rings. The van der Waals surface area contributed by atoms with Gasteiger partial charge < -0.3 is 4.79 Å². The highest BCUT2D eigenvalue weighted by Crippen LogP contribution is 2.17. The zero-order valence-corrected chi connectivity index (χ0v) is 12.5. The van der Waals surface area contributed by atoms with E-state index in [0.717, 1.165) is 5.56 Å². The topological polar surface area (TPSA) is 71.5 Å². The van der Waals surface area contributed by atoms with Crippen LogP contribution < -0.4 is 0 Å². The van der Waals surface area contributed by atoms with E-state index in [4.69, 9.17) is 0 Å². The Balaban J connectivity index is 2.99. The van der Waals surface area contributed by atoms with Gasteiger partial charge in [0.05, 0.1) is 4.90 Å². The molecule has 0 aliphatic carbocycles. The molecular formula is C14H19NO4S. The number of aryl methyl sites for hydroxylation is 1. The molecule has 0 atom stereocenters. The number of benzene rings is 1. The third-order valence-electron chi connectivity index (χ3n) is 2.87. The second kappa shape index (κ2) is 7.31. The fourth-order valence-corrected chi connectivity index (χ4v) is 3.15. The third kappa shape index (κ3) is 4.54. The first-order chi connectivity index (χ1) is 9.37. The van der Waals surface area contributed by atoms with Gasteiger partial charge in [-0.05, 0) is 26.0 Å². The molecule has 0 heterocycles. The van der Waals surface area contributed by atoms with Gasteiger partial charge in [-0.2, -0.15) is 4.31 Å². The number of hydrogen-bond acceptors (Lipinski definition) is 4. The summed E-state index contributed by atoms with van der Waals surface area (Å²) in [6.07, 6.45) is 0.929. The van der Waals surface area contributed by atoms with Gasteiger partial charge in [-0.3, -0.25) is 4.79 Å². The summed E-state index contributed by atoms with van der Waals surface area (Å²) in [5, 5.41) is 0. The lowest BCUT2D eigenvalue weighted by molar-refractivity contribution is -0.117. The Labute approximate surface area is 119 Å². The monoisotopic (exact) mass is 297 g/mol. The molecule has 0 radical (unpaired) electrons. The van der Waals surface area contributed by atoms with Gasteiger partial charge in [-0.25, -0.2) is 8.42 Å². The van der Waals surface area contributed by atoms with Crippen molar-refractivity contribution in [2.24, 2.45) is 0 Å². The van der Waals surface area contributed by atoms with Crippen molar-refractivity contribution in [1.82, 2.24) is 4.31 Å². The molecular weight excluding hydrogens is 278 g/mol. The number of hydrogen-bond donors (Lipinski definition) is 0. The Bertz CT molecular complexity index is 563. The van der Waals surface area contributed by atoms with Crippen molar-refractivity contribution < 1.29 is 18.0 Å². The van der Waals surface area contributed by atoms with E-state index in [0.29, 0.717) is 6.29 Å². The molecule has 0 spiro atoms. The van der Waals surface area contributed by atoms with Crippen LogP contribution >= 0.6 is 0 Å². The lowest BCUT2D eigenvalue weighted by atomic mass is 10.2. The van der Waals surface area contributed by atoms with Gasteiger partial charge in [0.15, 0.2) is 0 Å². The zero-order valence-electron chi connectivity index (χ0n) is 11.7. The Kier molecular flexibility index (Phi) is 6.04. The van der Waals surface area contributed by atoms with Crippen LogP contribution in [-0.4, -0.2) is 37.9 Å². The number of rotatable bonds is 8. The van der Waals surface area contributed by atoms with Crippen LogP contribution in [0.25, 0.3) is 0 Å². The Morgan fingerprint density at radius 2 is 1.80 bits per heavy atom. The van der Waals surface area contributed by atoms with Crippen LogP contribution in [0.3, 0.4) is 0 Å². The lowest BCUT2D eigenvalue weighted by Crippen LogP contribution is -2.34. The molecule has 20 heavy (non-hydrogen) atoms. The number of carbonyl (C=O) groups excluding carboxylic acids is 2. The highest BCUT2D eigenvalue weighted by atomic mass is 32.2. The average Bonchev–Trinajstić information content (AvgIpc) is 2.38. The van der Waals surface area contributed by atoms with Gasteiger partial charge in [-0.1, -0.05) is 17.7 Å². The van der Waals surface area contributed by atoms with Crippen LogP contribution in [0.5, 0.6) is 0 Å². The van der Waals surface area contributed by atoms with Crippen molar-refractivity contribution in [3.05, 3.63) is 29.8 Å². The van der Waals surface area contributed by atoms with Gasteiger partial charge >= 0.3 is 0 Å². The summed E-state index contributed by atoms with van der Waals surface area (Å²) < 4.78 is 26.1. The molecule has 0 aliphatic heterocycles. The summed E-state index contributed by atoms with van der Waals surface area (Å²) in [5.41, 5.74) is 0.965. The maximum absolute atomic E-state index is 12.5. The van der Waals surface area contributed by atoms with Crippen molar-refractivity contribution in [2.75, 3.05) is 13.1 Å². The van der Waals surface area contributed by atoms with E-state index in [1.54, 1.807) is 12.1 Å². The molecule has 0 aliphatic rings. The van der Waals surface area contributed by atoms with Gasteiger partial charge in [0.25, 0.3) is 0 Å². The number of sulfonamides is 1. The van der Waals surface area contributed by atoms with Crippen LogP contribution in [0.4, 0.5) is 0 Å². The second-order valence-corrected chi connectivity index (χ2v) is 6.56. The maximum atomic E-state index is 12.5. The molecule has 0 saturated heterocycles. The fourth-order valence-electron chi connectivity index (χ4n) is 1.69. The van der Waals surface area contributed by atoms with E-state index in [1.807, 2.05) is 6.92 Å². The summed E-state index contributed by atoms with van der Waals surface area (Å²) in [7, 11) is -3.66. The van der Waals surface area contributed by atoms with E-state index < -0.39 is 10.0 Å². The van der Waals surface area contributed by atoms with Crippen LogP contribution in [0.15, 0.2) is 29.2 Å². The number of aldehydes is 1. The molecule has 1 aromatic carbocycles. The molecule has 0 bridgehead atoms. The molecule has 0 fully saturated rings. The van der Waals surface area contributed by atoms with Crippen molar-refractivity contribution >= 4 is 22.1 Å². The first-order valence-corrected chi connectivity index (χ1v) is 7.82. The van der Waals surface area contributed by atoms with Crippen molar-refractivity contribution in [2.45, 2.75) is 31.6 Å². The van der Waals surface area contributed by atoms with Crippen LogP contribution in [0.2, 0.25) is 0 Å². The number of ketones is 1. The minimum atomic E-state index is -3.66. The third-order valence-corrected chi connectivity index (χ3v) is 4.78. The van der Waals surface area contributed by atoms with Crippen LogP contribution in [0.1, 0.15) is 25.3 Å². The van der Waals surface area contributed by atoms with E-state index in [1.165, 1.54) is 23.4 Å². The largest absolute Gasteiger partial charge is 0.303 e. The van der Waals surface area contributed by atoms with E-state index in [2.05, 4.69) is 0 Å². The smallest absolute Gasteiger partial charge is 0.243 e. The Hall–Kier alpha value is -1.53. The van der Waals surface area contributed by atoms with Crippen molar-refractivity contribution in [3.8, 4) is 0 Å². The first kappa shape index (κ1) is 16.5. The van der Waals surface area contributed by atoms with Crippen LogP contribution in [-0.2, 0) is 19.6 Å². The summed E-state index contributed by atoms with van der Waals surface area (Å²) in [6.45, 7) is 3.47. The number of Topliss-reactive ketones (excluding diaryl/α,β-unsaturated/α-hetero) is 1. The average molecular weight is 297 g/mol. The minimum Gasteiger partial charge on any atom is -0.303 e. The standard InChI is InChI=1S/C14H19NO4S/c1-12-4-6-14(7-5-12)20(18,19)15(9-3-11-16)10-8-13(2)17/h4-7,11H,3,8-10H2,1-2H3. The molecule has 0 N–H and O–H groups in total. The van der Waals surface area contributed by atoms with Crippen molar-refractivity contribution in [1.29, 1.82) is 0 Å². The second-order valence-electron chi connectivity index (χ2n) is 4.62. The van der Waals surface area contributed by atoms with E-state index in [9.17, 15) is 18.0 Å². The number of nitrogens with zero attached hydrogens (tertiary/aromatic N) is 1. The molecule has 0 amide bonds. The molecule has 6 heteroatoms. The normalized spacial score (nSPS) is 11.6.